The molecule has 0 amide bonds. The first kappa shape index (κ1) is 22.9. The van der Waals surface area contributed by atoms with Crippen LogP contribution in [0.25, 0.3) is 22.6 Å². The minimum atomic E-state index is -0.0418. The lowest BCUT2D eigenvalue weighted by atomic mass is 10.0. The van der Waals surface area contributed by atoms with Crippen molar-refractivity contribution in [2.24, 2.45) is 5.92 Å². The quantitative estimate of drug-likeness (QED) is 0.390. The molecule has 1 N–H and O–H groups in total. The normalized spacial score (nSPS) is 11.4. The number of nitrogens with zero attached hydrogens (tertiary/aromatic N) is 6. The fourth-order valence-corrected chi connectivity index (χ4v) is 4.24. The van der Waals surface area contributed by atoms with Gasteiger partial charge in [-0.15, -0.1) is 10.2 Å². The Morgan fingerprint density at radius 2 is 1.91 bits per heavy atom. The molecule has 0 radical (unpaired) electrons. The zero-order valence-corrected chi connectivity index (χ0v) is 19.9. The van der Waals surface area contributed by atoms with Gasteiger partial charge in [-0.1, -0.05) is 69.1 Å². The van der Waals surface area contributed by atoms with Gasteiger partial charge >= 0.3 is 5.69 Å². The third-order valence-electron chi connectivity index (χ3n) is 5.65. The number of hydrogen-bond acceptors (Lipinski definition) is 5. The van der Waals surface area contributed by atoms with Gasteiger partial charge < -0.3 is 0 Å². The smallest absolute Gasteiger partial charge is 0.290 e. The highest BCUT2D eigenvalue weighted by Gasteiger charge is 2.18. The van der Waals surface area contributed by atoms with Gasteiger partial charge in [0.2, 0.25) is 5.82 Å². The number of H-pyrrole nitrogens is 1. The second kappa shape index (κ2) is 10.1. The molecule has 3 heterocycles. The van der Waals surface area contributed by atoms with Gasteiger partial charge in [0.15, 0.2) is 0 Å². The Morgan fingerprint density at radius 3 is 2.58 bits per heavy atom. The van der Waals surface area contributed by atoms with Crippen molar-refractivity contribution in [1.29, 1.82) is 0 Å². The molecule has 4 rings (SSSR count). The van der Waals surface area contributed by atoms with Crippen LogP contribution in [0.2, 0.25) is 5.15 Å². The molecule has 0 aliphatic rings. The van der Waals surface area contributed by atoms with E-state index in [0.717, 1.165) is 41.6 Å². The van der Waals surface area contributed by atoms with E-state index in [-0.39, 0.29) is 5.69 Å². The van der Waals surface area contributed by atoms with Crippen LogP contribution in [0, 0.1) is 5.92 Å². The Bertz CT molecular complexity index is 1260. The molecule has 0 fully saturated rings. The number of aromatic amines is 1. The Labute approximate surface area is 197 Å². The summed E-state index contributed by atoms with van der Waals surface area (Å²) in [6, 6.07) is 12.0. The predicted molar refractivity (Wildman–Crippen MR) is 129 cm³/mol. The van der Waals surface area contributed by atoms with Crippen molar-refractivity contribution in [2.75, 3.05) is 0 Å². The van der Waals surface area contributed by atoms with Gasteiger partial charge in [0.25, 0.3) is 0 Å². The van der Waals surface area contributed by atoms with Crippen molar-refractivity contribution in [3.8, 4) is 22.6 Å². The Balaban J connectivity index is 1.63. The van der Waals surface area contributed by atoms with Crippen LogP contribution in [0.15, 0.2) is 47.4 Å². The van der Waals surface area contributed by atoms with Crippen LogP contribution in [0.1, 0.15) is 44.9 Å². The average Bonchev–Trinajstić information content (AvgIpc) is 3.42. The number of halogens is 1. The molecule has 0 aliphatic carbocycles. The number of imidazole rings is 1. The van der Waals surface area contributed by atoms with E-state index < -0.39 is 0 Å². The summed E-state index contributed by atoms with van der Waals surface area (Å²) in [5.41, 5.74) is 4.45. The lowest BCUT2D eigenvalue weighted by Crippen LogP contribution is -2.26. The number of benzene rings is 1. The highest BCUT2D eigenvalue weighted by molar-refractivity contribution is 6.30. The Morgan fingerprint density at radius 1 is 1.12 bits per heavy atom. The van der Waals surface area contributed by atoms with E-state index in [1.54, 1.807) is 10.8 Å². The van der Waals surface area contributed by atoms with Crippen molar-refractivity contribution in [3.63, 3.8) is 0 Å². The second-order valence-electron chi connectivity index (χ2n) is 8.52. The van der Waals surface area contributed by atoms with Crippen molar-refractivity contribution >= 4 is 11.6 Å². The van der Waals surface area contributed by atoms with Gasteiger partial charge in [0.1, 0.15) is 10.8 Å². The largest absolute Gasteiger partial charge is 0.329 e. The fourth-order valence-electron chi connectivity index (χ4n) is 3.88. The maximum Gasteiger partial charge on any atom is 0.329 e. The van der Waals surface area contributed by atoms with Crippen molar-refractivity contribution < 1.29 is 0 Å². The molecule has 8 nitrogen and oxygen atoms in total. The van der Waals surface area contributed by atoms with Crippen molar-refractivity contribution in [1.82, 2.24) is 34.7 Å². The van der Waals surface area contributed by atoms with Crippen LogP contribution in [-0.2, 0) is 19.5 Å². The number of hydrogen-bond donors (Lipinski definition) is 1. The first-order valence-corrected chi connectivity index (χ1v) is 11.6. The topological polar surface area (TPSA) is 94.3 Å². The van der Waals surface area contributed by atoms with Crippen molar-refractivity contribution in [2.45, 2.75) is 53.1 Å². The molecule has 0 aliphatic heterocycles. The standard InChI is InChI=1S/C24H28ClN7O/c1-4-6-20-22(25)31(14-12-16(2)3)24(33)32(20)15-17-8-10-18(11-9-17)19-7-5-13-26-21(19)23-27-29-30-28-23/h5,7-11,13,16H,4,6,12,14-15H2,1-3H3,(H,27,28,29,30). The number of aromatic nitrogens is 7. The number of pyridine rings is 1. The van der Waals surface area contributed by atoms with Crippen molar-refractivity contribution in [3.05, 3.63) is 69.5 Å². The molecule has 1 aromatic carbocycles. The van der Waals surface area contributed by atoms with Gasteiger partial charge in [-0.05, 0) is 41.2 Å². The van der Waals surface area contributed by atoms with Gasteiger partial charge in [0.05, 0.1) is 12.2 Å². The van der Waals surface area contributed by atoms with Crippen LogP contribution in [-0.4, -0.2) is 34.7 Å². The van der Waals surface area contributed by atoms with Gasteiger partial charge in [-0.25, -0.2) is 4.79 Å². The molecule has 0 spiro atoms. The van der Waals surface area contributed by atoms with Crippen LogP contribution >= 0.6 is 11.6 Å². The van der Waals surface area contributed by atoms with Gasteiger partial charge in [0, 0.05) is 18.3 Å². The molecule has 3 aromatic heterocycles. The summed E-state index contributed by atoms with van der Waals surface area (Å²) in [6.45, 7) is 7.51. The summed E-state index contributed by atoms with van der Waals surface area (Å²) in [6.07, 6.45) is 4.31. The summed E-state index contributed by atoms with van der Waals surface area (Å²) in [7, 11) is 0. The van der Waals surface area contributed by atoms with E-state index in [1.807, 2.05) is 41.0 Å². The summed E-state index contributed by atoms with van der Waals surface area (Å²) in [5, 5.41) is 14.8. The Kier molecular flexibility index (Phi) is 7.03. The first-order chi connectivity index (χ1) is 16.0. The van der Waals surface area contributed by atoms with E-state index in [9.17, 15) is 4.79 Å². The number of nitrogens with one attached hydrogen (secondary N) is 1. The molecule has 0 atom stereocenters. The molecule has 0 saturated heterocycles. The van der Waals surface area contributed by atoms with Crippen LogP contribution in [0.5, 0.6) is 0 Å². The van der Waals surface area contributed by atoms with E-state index in [4.69, 9.17) is 11.6 Å². The van der Waals surface area contributed by atoms with Gasteiger partial charge in [-0.3, -0.25) is 14.1 Å². The maximum absolute atomic E-state index is 13.2. The summed E-state index contributed by atoms with van der Waals surface area (Å²) in [4.78, 5) is 17.6. The zero-order valence-electron chi connectivity index (χ0n) is 19.1. The maximum atomic E-state index is 13.2. The third-order valence-corrected chi connectivity index (χ3v) is 6.07. The number of rotatable bonds is 9. The summed E-state index contributed by atoms with van der Waals surface area (Å²) >= 11 is 6.65. The molecule has 0 unspecified atom stereocenters. The molecular weight excluding hydrogens is 438 g/mol. The van der Waals surface area contributed by atoms with E-state index in [2.05, 4.69) is 46.4 Å². The predicted octanol–water partition coefficient (Wildman–Crippen LogP) is 4.59. The Hall–Kier alpha value is -3.26. The van der Waals surface area contributed by atoms with Crippen LogP contribution in [0.3, 0.4) is 0 Å². The van der Waals surface area contributed by atoms with E-state index >= 15 is 0 Å². The van der Waals surface area contributed by atoms with E-state index in [1.165, 1.54) is 0 Å². The molecule has 0 saturated carbocycles. The van der Waals surface area contributed by atoms with E-state index in [0.29, 0.717) is 35.7 Å². The second-order valence-corrected chi connectivity index (χ2v) is 8.88. The highest BCUT2D eigenvalue weighted by Crippen LogP contribution is 2.28. The van der Waals surface area contributed by atoms with Gasteiger partial charge in [-0.2, -0.15) is 5.21 Å². The minimum absolute atomic E-state index is 0.0418. The molecule has 4 aromatic rings. The fraction of sp³-hybridized carbons (Fsp3) is 0.375. The summed E-state index contributed by atoms with van der Waals surface area (Å²) < 4.78 is 3.53. The molecule has 9 heteroatoms. The lowest BCUT2D eigenvalue weighted by molar-refractivity contribution is 0.503. The molecular formula is C24H28ClN7O. The minimum Gasteiger partial charge on any atom is -0.290 e. The number of tetrazole rings is 1. The monoisotopic (exact) mass is 465 g/mol. The molecule has 0 bridgehead atoms. The first-order valence-electron chi connectivity index (χ1n) is 11.3. The summed E-state index contributed by atoms with van der Waals surface area (Å²) in [5.74, 6) is 0.950. The SMILES string of the molecule is CCCc1c(Cl)n(CCC(C)C)c(=O)n1Cc1ccc(-c2cccnc2-c2nn[nH]n2)cc1. The zero-order chi connectivity index (χ0) is 23.4. The highest BCUT2D eigenvalue weighted by atomic mass is 35.5. The third kappa shape index (κ3) is 4.90. The lowest BCUT2D eigenvalue weighted by Gasteiger charge is -2.09. The van der Waals surface area contributed by atoms with Crippen LogP contribution in [0.4, 0.5) is 0 Å². The molecule has 172 valence electrons. The van der Waals surface area contributed by atoms with Crippen LogP contribution < -0.4 is 5.69 Å². The average molecular weight is 466 g/mol. The molecule has 33 heavy (non-hydrogen) atoms.